The van der Waals surface area contributed by atoms with Crippen LogP contribution in [0.15, 0.2) is 47.8 Å². The molecule has 152 valence electrons. The average molecular weight is 450 g/mol. The van der Waals surface area contributed by atoms with E-state index in [4.69, 9.17) is 11.6 Å². The minimum atomic E-state index is -3.06. The van der Waals surface area contributed by atoms with Gasteiger partial charge in [0.25, 0.3) is 5.91 Å². The molecular weight excluding hydrogens is 430 g/mol. The van der Waals surface area contributed by atoms with Gasteiger partial charge in [-0.2, -0.15) is 5.10 Å². The van der Waals surface area contributed by atoms with E-state index < -0.39 is 9.84 Å². The van der Waals surface area contributed by atoms with Gasteiger partial charge in [-0.1, -0.05) is 29.8 Å². The Hall–Kier alpha value is -2.16. The number of aromatic nitrogens is 2. The highest BCUT2D eigenvalue weighted by Gasteiger charge is 2.32. The molecule has 1 N–H and O–H groups in total. The minimum absolute atomic E-state index is 0.0602. The summed E-state index contributed by atoms with van der Waals surface area (Å²) in [7, 11) is -3.06. The molecule has 9 heteroatoms. The van der Waals surface area contributed by atoms with Crippen LogP contribution in [0.2, 0.25) is 5.02 Å². The normalized spacial score (nSPS) is 18.0. The number of rotatable bonds is 6. The van der Waals surface area contributed by atoms with Gasteiger partial charge in [0.1, 0.15) is 0 Å². The van der Waals surface area contributed by atoms with Crippen molar-refractivity contribution in [3.63, 3.8) is 0 Å². The summed E-state index contributed by atoms with van der Waals surface area (Å²) in [4.78, 5) is 13.6. The molecule has 3 aromatic rings. The van der Waals surface area contributed by atoms with Crippen molar-refractivity contribution < 1.29 is 13.2 Å². The van der Waals surface area contributed by atoms with Crippen molar-refractivity contribution in [1.29, 1.82) is 0 Å². The molecule has 4 rings (SSSR count). The van der Waals surface area contributed by atoms with E-state index in [1.165, 1.54) is 11.3 Å². The van der Waals surface area contributed by atoms with Crippen LogP contribution in [0.1, 0.15) is 28.5 Å². The Morgan fingerprint density at radius 2 is 2.07 bits per heavy atom. The first-order valence-corrected chi connectivity index (χ1v) is 12.4. The smallest absolute Gasteiger partial charge is 0.271 e. The van der Waals surface area contributed by atoms with Gasteiger partial charge in [-0.3, -0.25) is 9.48 Å². The summed E-state index contributed by atoms with van der Waals surface area (Å²) in [6.07, 6.45) is 1.20. The average Bonchev–Trinajstić information content (AvgIpc) is 3.41. The molecule has 2 aromatic heterocycles. The van der Waals surface area contributed by atoms with Crippen molar-refractivity contribution in [3.8, 4) is 10.6 Å². The molecule has 0 spiro atoms. The molecule has 1 aliphatic heterocycles. The fourth-order valence-electron chi connectivity index (χ4n) is 3.42. The van der Waals surface area contributed by atoms with E-state index in [-0.39, 0.29) is 23.5 Å². The monoisotopic (exact) mass is 449 g/mol. The van der Waals surface area contributed by atoms with Gasteiger partial charge in [-0.25, -0.2) is 8.42 Å². The SMILES string of the molecule is O=C(NCCc1ccc(Cl)cc1)c1cc(-c2cccs2)n([C@@H]2CCS(=O)(=O)C2)n1. The fourth-order valence-corrected chi connectivity index (χ4v) is 5.97. The molecule has 1 aromatic carbocycles. The molecule has 3 heterocycles. The first kappa shape index (κ1) is 20.1. The van der Waals surface area contributed by atoms with E-state index >= 15 is 0 Å². The van der Waals surface area contributed by atoms with Crippen LogP contribution in [-0.2, 0) is 16.3 Å². The largest absolute Gasteiger partial charge is 0.350 e. The number of amides is 1. The molecule has 6 nitrogen and oxygen atoms in total. The van der Waals surface area contributed by atoms with E-state index in [0.29, 0.717) is 30.1 Å². The van der Waals surface area contributed by atoms with E-state index in [1.807, 2.05) is 41.8 Å². The lowest BCUT2D eigenvalue weighted by molar-refractivity contribution is 0.0948. The maximum absolute atomic E-state index is 12.6. The molecule has 1 amide bonds. The second-order valence-electron chi connectivity index (χ2n) is 7.03. The molecule has 0 radical (unpaired) electrons. The van der Waals surface area contributed by atoms with E-state index in [9.17, 15) is 13.2 Å². The zero-order valence-corrected chi connectivity index (χ0v) is 17.9. The lowest BCUT2D eigenvalue weighted by Crippen LogP contribution is -2.26. The second kappa shape index (κ2) is 8.30. The van der Waals surface area contributed by atoms with E-state index in [2.05, 4.69) is 10.4 Å². The lowest BCUT2D eigenvalue weighted by atomic mass is 10.1. The summed E-state index contributed by atoms with van der Waals surface area (Å²) in [6.45, 7) is 0.472. The molecule has 29 heavy (non-hydrogen) atoms. The minimum Gasteiger partial charge on any atom is -0.350 e. The fraction of sp³-hybridized carbons (Fsp3) is 0.300. The Balaban J connectivity index is 1.50. The number of halogens is 1. The third-order valence-corrected chi connectivity index (χ3v) is 7.80. The van der Waals surface area contributed by atoms with Crippen LogP contribution in [0.3, 0.4) is 0 Å². The number of sulfone groups is 1. The Bertz CT molecular complexity index is 1110. The standard InChI is InChI=1S/C20H20ClN3O3S2/c21-15-5-3-14(4-6-15)7-9-22-20(25)17-12-18(19-2-1-10-28-19)24(23-17)16-8-11-29(26,27)13-16/h1-6,10,12,16H,7-9,11,13H2,(H,22,25)/t16-/m1/s1. The van der Waals surface area contributed by atoms with Gasteiger partial charge in [-0.05, 0) is 48.1 Å². The molecule has 1 fully saturated rings. The Morgan fingerprint density at radius 1 is 1.28 bits per heavy atom. The quantitative estimate of drug-likeness (QED) is 0.623. The summed E-state index contributed by atoms with van der Waals surface area (Å²) in [5.41, 5.74) is 2.16. The maximum atomic E-state index is 12.6. The topological polar surface area (TPSA) is 81.1 Å². The van der Waals surface area contributed by atoms with Gasteiger partial charge in [0.2, 0.25) is 0 Å². The zero-order valence-electron chi connectivity index (χ0n) is 15.5. The van der Waals surface area contributed by atoms with Gasteiger partial charge >= 0.3 is 0 Å². The Kier molecular flexibility index (Phi) is 5.76. The summed E-state index contributed by atoms with van der Waals surface area (Å²) in [6, 6.07) is 12.9. The molecule has 1 aliphatic rings. The summed E-state index contributed by atoms with van der Waals surface area (Å²) < 4.78 is 25.6. The predicted molar refractivity (Wildman–Crippen MR) is 115 cm³/mol. The van der Waals surface area contributed by atoms with Crippen molar-refractivity contribution in [2.45, 2.75) is 18.9 Å². The Morgan fingerprint density at radius 3 is 2.72 bits per heavy atom. The van der Waals surface area contributed by atoms with Crippen LogP contribution in [0.4, 0.5) is 0 Å². The van der Waals surface area contributed by atoms with Crippen LogP contribution in [-0.4, -0.2) is 42.2 Å². The Labute approximate surface area is 178 Å². The van der Waals surface area contributed by atoms with Gasteiger partial charge < -0.3 is 5.32 Å². The predicted octanol–water partition coefficient (Wildman–Crippen LogP) is 3.60. The number of hydrogen-bond donors (Lipinski definition) is 1. The van der Waals surface area contributed by atoms with Crippen LogP contribution in [0.25, 0.3) is 10.6 Å². The zero-order chi connectivity index (χ0) is 20.4. The number of thiophene rings is 1. The number of nitrogens with one attached hydrogen (secondary N) is 1. The molecule has 0 bridgehead atoms. The second-order valence-corrected chi connectivity index (χ2v) is 10.6. The lowest BCUT2D eigenvalue weighted by Gasteiger charge is -2.12. The van der Waals surface area contributed by atoms with Gasteiger partial charge in [0.15, 0.2) is 15.5 Å². The molecule has 1 atom stereocenters. The maximum Gasteiger partial charge on any atom is 0.271 e. The summed E-state index contributed by atoms with van der Waals surface area (Å²) >= 11 is 7.43. The first-order chi connectivity index (χ1) is 13.9. The van der Waals surface area contributed by atoms with Gasteiger partial charge in [0.05, 0.1) is 28.1 Å². The number of benzene rings is 1. The number of nitrogens with zero attached hydrogens (tertiary/aromatic N) is 2. The van der Waals surface area contributed by atoms with Crippen molar-refractivity contribution in [2.24, 2.45) is 0 Å². The third-order valence-electron chi connectivity index (χ3n) is 4.91. The molecule has 0 unspecified atom stereocenters. The van der Waals surface area contributed by atoms with Crippen molar-refractivity contribution in [3.05, 3.63) is 64.1 Å². The van der Waals surface area contributed by atoms with Crippen LogP contribution in [0.5, 0.6) is 0 Å². The number of hydrogen-bond acceptors (Lipinski definition) is 5. The van der Waals surface area contributed by atoms with Crippen LogP contribution in [0, 0.1) is 0 Å². The summed E-state index contributed by atoms with van der Waals surface area (Å²) in [5.74, 6) is -0.0503. The highest BCUT2D eigenvalue weighted by atomic mass is 35.5. The molecular formula is C20H20ClN3O3S2. The highest BCUT2D eigenvalue weighted by molar-refractivity contribution is 7.91. The van der Waals surface area contributed by atoms with Crippen molar-refractivity contribution in [1.82, 2.24) is 15.1 Å². The summed E-state index contributed by atoms with van der Waals surface area (Å²) in [5, 5.41) is 10.00. The van der Waals surface area contributed by atoms with Crippen LogP contribution < -0.4 is 5.32 Å². The highest BCUT2D eigenvalue weighted by Crippen LogP contribution is 2.32. The van der Waals surface area contributed by atoms with Crippen molar-refractivity contribution in [2.75, 3.05) is 18.1 Å². The third kappa shape index (κ3) is 4.71. The number of carbonyl (C=O) groups excluding carboxylic acids is 1. The van der Waals surface area contributed by atoms with E-state index in [1.54, 1.807) is 10.7 Å². The van der Waals surface area contributed by atoms with Crippen LogP contribution >= 0.6 is 22.9 Å². The van der Waals surface area contributed by atoms with Gasteiger partial charge in [0, 0.05) is 11.6 Å². The van der Waals surface area contributed by atoms with E-state index in [0.717, 1.165) is 16.1 Å². The molecule has 0 aliphatic carbocycles. The molecule has 1 saturated heterocycles. The first-order valence-electron chi connectivity index (χ1n) is 9.28. The molecule has 0 saturated carbocycles. The van der Waals surface area contributed by atoms with Gasteiger partial charge in [-0.15, -0.1) is 11.3 Å². The van der Waals surface area contributed by atoms with Crippen molar-refractivity contribution >= 4 is 38.7 Å². The number of carbonyl (C=O) groups is 1.